The second-order valence-corrected chi connectivity index (χ2v) is 15.9. The molecule has 0 aliphatic rings. The number of carboxylic acid groups (broad SMARTS) is 2. The zero-order valence-corrected chi connectivity index (χ0v) is 36.6. The van der Waals surface area contributed by atoms with Gasteiger partial charge in [0.05, 0.1) is 18.8 Å². The van der Waals surface area contributed by atoms with Gasteiger partial charge in [-0.2, -0.15) is 0 Å². The number of carbonyl (C=O) groups excluding carboxylic acids is 7. The molecule has 0 saturated heterocycles. The Hall–Kier alpha value is -6.85. The summed E-state index contributed by atoms with van der Waals surface area (Å²) in [6, 6.07) is -0.608. The molecule has 0 aromatic heterocycles. The standard InChI is InChI=1S/C42H60N8O15/c1-20(2)16-29(47-40(62)32(19-51)49-36(58)28(43)14-15-33(55)56)37(59)44-21(3)35(57)46-30(17-24-6-10-26(53)11-7-24)38(60)48-31(18-25-8-12-27(54)13-9-25)39(61)50-34(23(5)52)41(63)45-22(4)42(64)65/h6-13,20-23,28-32,34,51-54H,14-19,43H2,1-5H3,(H,44,59)(H,45,63)(H,46,57)(H,47,62)(H,48,60)(H,49,58)(H,50,61)(H,55,56)(H,64,65)/t21-,22-,23+,28-,29-,30-,31-,32-,34-/m0/s1. The van der Waals surface area contributed by atoms with Crippen molar-refractivity contribution in [2.24, 2.45) is 11.7 Å². The van der Waals surface area contributed by atoms with Crippen molar-refractivity contribution >= 4 is 53.3 Å². The van der Waals surface area contributed by atoms with Gasteiger partial charge in [0.15, 0.2) is 0 Å². The molecule has 0 heterocycles. The maximum absolute atomic E-state index is 14.1. The number of rotatable bonds is 26. The molecule has 23 nitrogen and oxygen atoms in total. The van der Waals surface area contributed by atoms with Gasteiger partial charge in [0.1, 0.15) is 53.8 Å². The fourth-order valence-electron chi connectivity index (χ4n) is 5.98. The highest BCUT2D eigenvalue weighted by Crippen LogP contribution is 2.15. The number of aromatic hydroxyl groups is 2. The van der Waals surface area contributed by atoms with E-state index in [9.17, 15) is 68.7 Å². The fourth-order valence-corrected chi connectivity index (χ4v) is 5.98. The van der Waals surface area contributed by atoms with Gasteiger partial charge in [-0.25, -0.2) is 0 Å². The van der Waals surface area contributed by atoms with E-state index in [4.69, 9.17) is 10.8 Å². The van der Waals surface area contributed by atoms with Crippen LogP contribution in [0.15, 0.2) is 48.5 Å². The van der Waals surface area contributed by atoms with Gasteiger partial charge in [0, 0.05) is 19.3 Å². The van der Waals surface area contributed by atoms with Crippen LogP contribution in [0.25, 0.3) is 0 Å². The Bertz CT molecular complexity index is 1980. The number of aliphatic hydroxyl groups is 2. The molecule has 0 aliphatic carbocycles. The normalized spacial score (nSPS) is 15.2. The van der Waals surface area contributed by atoms with Gasteiger partial charge in [0.25, 0.3) is 0 Å². The number of amides is 7. The van der Waals surface area contributed by atoms with Gasteiger partial charge in [0.2, 0.25) is 41.4 Å². The molecule has 0 radical (unpaired) electrons. The Morgan fingerprint density at radius 2 is 0.954 bits per heavy atom. The molecule has 23 heteroatoms. The highest BCUT2D eigenvalue weighted by molar-refractivity contribution is 5.97. The van der Waals surface area contributed by atoms with E-state index in [1.165, 1.54) is 62.4 Å². The Morgan fingerprint density at radius 1 is 0.538 bits per heavy atom. The van der Waals surface area contributed by atoms with Crippen LogP contribution in [0.2, 0.25) is 0 Å². The van der Waals surface area contributed by atoms with Gasteiger partial charge < -0.3 is 73.6 Å². The molecule has 2 aromatic rings. The predicted octanol–water partition coefficient (Wildman–Crippen LogP) is -2.99. The summed E-state index contributed by atoms with van der Waals surface area (Å²) in [5.41, 5.74) is 6.54. The third kappa shape index (κ3) is 18.8. The summed E-state index contributed by atoms with van der Waals surface area (Å²) >= 11 is 0. The summed E-state index contributed by atoms with van der Waals surface area (Å²) in [6.45, 7) is 6.16. The van der Waals surface area contributed by atoms with Crippen molar-refractivity contribution in [1.82, 2.24) is 37.2 Å². The van der Waals surface area contributed by atoms with Crippen LogP contribution in [0.1, 0.15) is 65.0 Å². The SMILES string of the molecule is CC(C)C[C@H](NC(=O)[C@H](CO)NC(=O)[C@@H](N)CCC(=O)O)C(=O)N[C@@H](C)C(=O)N[C@@H](Cc1ccc(O)cc1)C(=O)N[C@@H](Cc1ccc(O)cc1)C(=O)N[C@H](C(=O)N[C@@H](C)C(=O)O)[C@@H](C)O. The lowest BCUT2D eigenvalue weighted by atomic mass is 10.0. The molecule has 0 bridgehead atoms. The number of aliphatic hydroxyl groups excluding tert-OH is 2. The largest absolute Gasteiger partial charge is 0.508 e. The number of phenols is 2. The van der Waals surface area contributed by atoms with Crippen LogP contribution in [-0.4, -0.2) is 145 Å². The zero-order valence-electron chi connectivity index (χ0n) is 36.6. The monoisotopic (exact) mass is 916 g/mol. The Balaban J connectivity index is 2.38. The zero-order chi connectivity index (χ0) is 49.1. The second kappa shape index (κ2) is 26.1. The number of hydrogen-bond acceptors (Lipinski definition) is 14. The molecule has 0 saturated carbocycles. The van der Waals surface area contributed by atoms with Crippen LogP contribution >= 0.6 is 0 Å². The van der Waals surface area contributed by atoms with E-state index in [-0.39, 0.29) is 43.1 Å². The summed E-state index contributed by atoms with van der Waals surface area (Å²) in [4.78, 5) is 116. The van der Waals surface area contributed by atoms with Gasteiger partial charge in [-0.15, -0.1) is 0 Å². The van der Waals surface area contributed by atoms with Crippen LogP contribution in [0.4, 0.5) is 0 Å². The summed E-state index contributed by atoms with van der Waals surface area (Å²) in [6.07, 6.45) is -2.71. The lowest BCUT2D eigenvalue weighted by molar-refractivity contribution is -0.142. The lowest BCUT2D eigenvalue weighted by Gasteiger charge is -2.28. The number of phenolic OH excluding ortho intramolecular Hbond substituents is 2. The van der Waals surface area contributed by atoms with E-state index in [2.05, 4.69) is 37.2 Å². The number of benzene rings is 2. The first-order valence-electron chi connectivity index (χ1n) is 20.6. The van der Waals surface area contributed by atoms with E-state index in [0.717, 1.165) is 6.92 Å². The molecule has 2 aromatic carbocycles. The number of nitrogens with one attached hydrogen (secondary N) is 7. The van der Waals surface area contributed by atoms with E-state index < -0.39 is 121 Å². The van der Waals surface area contributed by atoms with Crippen molar-refractivity contribution in [2.45, 2.75) is 121 Å². The molecule has 0 unspecified atom stereocenters. The predicted molar refractivity (Wildman–Crippen MR) is 229 cm³/mol. The van der Waals surface area contributed by atoms with Crippen molar-refractivity contribution in [1.29, 1.82) is 0 Å². The summed E-state index contributed by atoms with van der Waals surface area (Å²) < 4.78 is 0. The summed E-state index contributed by atoms with van der Waals surface area (Å²) in [5, 5.41) is 74.7. The van der Waals surface area contributed by atoms with Gasteiger partial charge in [-0.05, 0) is 74.9 Å². The minimum atomic E-state index is -1.69. The highest BCUT2D eigenvalue weighted by Gasteiger charge is 2.35. The van der Waals surface area contributed by atoms with E-state index in [0.29, 0.717) is 11.1 Å². The van der Waals surface area contributed by atoms with Crippen molar-refractivity contribution in [3.8, 4) is 11.5 Å². The molecule has 2 rings (SSSR count). The molecule has 0 aliphatic heterocycles. The molecule has 7 amide bonds. The lowest BCUT2D eigenvalue weighted by Crippen LogP contribution is -2.61. The van der Waals surface area contributed by atoms with Crippen molar-refractivity contribution in [2.75, 3.05) is 6.61 Å². The van der Waals surface area contributed by atoms with E-state index in [1.807, 2.05) is 0 Å². The van der Waals surface area contributed by atoms with Crippen molar-refractivity contribution in [3.63, 3.8) is 0 Å². The van der Waals surface area contributed by atoms with Crippen LogP contribution in [-0.2, 0) is 56.0 Å². The molecule has 0 spiro atoms. The van der Waals surface area contributed by atoms with Crippen LogP contribution in [0.3, 0.4) is 0 Å². The van der Waals surface area contributed by atoms with Crippen LogP contribution in [0, 0.1) is 5.92 Å². The van der Waals surface area contributed by atoms with Crippen LogP contribution in [0.5, 0.6) is 11.5 Å². The smallest absolute Gasteiger partial charge is 0.325 e. The first-order chi connectivity index (χ1) is 30.4. The third-order valence-corrected chi connectivity index (χ3v) is 9.72. The number of nitrogens with two attached hydrogens (primary N) is 1. The number of aliphatic carboxylic acids is 2. The number of carbonyl (C=O) groups is 9. The molecule has 0 fully saturated rings. The fraction of sp³-hybridized carbons (Fsp3) is 0.500. The summed E-state index contributed by atoms with van der Waals surface area (Å²) in [5.74, 6) is -9.73. The van der Waals surface area contributed by atoms with Crippen LogP contribution < -0.4 is 43.0 Å². The maximum Gasteiger partial charge on any atom is 0.325 e. The number of carboxylic acids is 2. The maximum atomic E-state index is 14.1. The molecule has 65 heavy (non-hydrogen) atoms. The molecule has 358 valence electrons. The Morgan fingerprint density at radius 3 is 1.40 bits per heavy atom. The average molecular weight is 917 g/mol. The Labute approximate surface area is 374 Å². The molecular formula is C42H60N8O15. The average Bonchev–Trinajstić information content (AvgIpc) is 3.23. The minimum Gasteiger partial charge on any atom is -0.508 e. The molecule has 15 N–H and O–H groups in total. The molecular weight excluding hydrogens is 857 g/mol. The first kappa shape index (κ1) is 54.3. The molecule has 9 atom stereocenters. The third-order valence-electron chi connectivity index (χ3n) is 9.72. The minimum absolute atomic E-state index is 0.0165. The van der Waals surface area contributed by atoms with Gasteiger partial charge >= 0.3 is 11.9 Å². The Kier molecular flexibility index (Phi) is 21.8. The number of hydrogen-bond donors (Lipinski definition) is 14. The van der Waals surface area contributed by atoms with Crippen molar-refractivity contribution < 1.29 is 73.8 Å². The van der Waals surface area contributed by atoms with Crippen molar-refractivity contribution in [3.05, 3.63) is 59.7 Å². The van der Waals surface area contributed by atoms with E-state index >= 15 is 0 Å². The summed E-state index contributed by atoms with van der Waals surface area (Å²) in [7, 11) is 0. The van der Waals surface area contributed by atoms with Gasteiger partial charge in [-0.3, -0.25) is 43.2 Å². The van der Waals surface area contributed by atoms with Gasteiger partial charge in [-0.1, -0.05) is 38.1 Å². The topological polar surface area (TPSA) is 385 Å². The highest BCUT2D eigenvalue weighted by atomic mass is 16.4. The quantitative estimate of drug-likeness (QED) is 0.0448. The first-order valence-corrected chi connectivity index (χ1v) is 20.6. The second-order valence-electron chi connectivity index (χ2n) is 15.9. The van der Waals surface area contributed by atoms with E-state index in [1.54, 1.807) is 13.8 Å².